The van der Waals surface area contributed by atoms with Crippen molar-refractivity contribution in [2.45, 2.75) is 31.6 Å². The molecule has 182 valence electrons. The van der Waals surface area contributed by atoms with E-state index in [1.165, 1.54) is 34.1 Å². The SMILES string of the molecule is O=C(c1ccccc1F)N1CC(=O)N(Cc2cccc(C(F)(F)F)c2)[C@@H](CCc2ccccc2)C1. The van der Waals surface area contributed by atoms with Crippen LogP contribution >= 0.6 is 0 Å². The first-order valence-corrected chi connectivity index (χ1v) is 11.3. The van der Waals surface area contributed by atoms with E-state index in [2.05, 4.69) is 0 Å². The molecule has 4 nitrogen and oxygen atoms in total. The van der Waals surface area contributed by atoms with Crippen molar-refractivity contribution < 1.29 is 27.2 Å². The molecule has 2 amide bonds. The van der Waals surface area contributed by atoms with Crippen molar-refractivity contribution in [1.82, 2.24) is 9.80 Å². The van der Waals surface area contributed by atoms with Crippen LogP contribution in [0.1, 0.15) is 33.5 Å². The van der Waals surface area contributed by atoms with Crippen LogP contribution in [0.3, 0.4) is 0 Å². The molecule has 0 N–H and O–H groups in total. The minimum absolute atomic E-state index is 0.00998. The summed E-state index contributed by atoms with van der Waals surface area (Å²) in [5.41, 5.74) is 0.494. The van der Waals surface area contributed by atoms with Gasteiger partial charge in [0.2, 0.25) is 5.91 Å². The Hall–Kier alpha value is -3.68. The Morgan fingerprint density at radius 3 is 2.31 bits per heavy atom. The summed E-state index contributed by atoms with van der Waals surface area (Å²) in [5.74, 6) is -1.64. The Bertz CT molecular complexity index is 1200. The fourth-order valence-corrected chi connectivity index (χ4v) is 4.32. The van der Waals surface area contributed by atoms with Crippen molar-refractivity contribution >= 4 is 11.8 Å². The number of halogens is 4. The summed E-state index contributed by atoms with van der Waals surface area (Å²) in [4.78, 5) is 29.0. The van der Waals surface area contributed by atoms with E-state index in [4.69, 9.17) is 0 Å². The maximum absolute atomic E-state index is 14.2. The number of rotatable bonds is 6. The van der Waals surface area contributed by atoms with Gasteiger partial charge in [0.1, 0.15) is 12.4 Å². The van der Waals surface area contributed by atoms with Gasteiger partial charge in [0.25, 0.3) is 5.91 Å². The van der Waals surface area contributed by atoms with Gasteiger partial charge in [0.05, 0.1) is 17.2 Å². The molecule has 0 unspecified atom stereocenters. The summed E-state index contributed by atoms with van der Waals surface area (Å²) in [7, 11) is 0. The fourth-order valence-electron chi connectivity index (χ4n) is 4.32. The third-order valence-corrected chi connectivity index (χ3v) is 6.13. The number of hydrogen-bond donors (Lipinski definition) is 0. The number of amides is 2. The Morgan fingerprint density at radius 1 is 0.914 bits per heavy atom. The maximum atomic E-state index is 14.2. The van der Waals surface area contributed by atoms with E-state index < -0.39 is 35.4 Å². The average Bonchev–Trinajstić information content (AvgIpc) is 2.84. The lowest BCUT2D eigenvalue weighted by Gasteiger charge is -2.41. The zero-order valence-corrected chi connectivity index (χ0v) is 18.8. The molecule has 1 atom stereocenters. The van der Waals surface area contributed by atoms with Gasteiger partial charge in [-0.25, -0.2) is 4.39 Å². The number of carbonyl (C=O) groups is 2. The van der Waals surface area contributed by atoms with Gasteiger partial charge in [-0.05, 0) is 48.2 Å². The molecule has 0 bridgehead atoms. The van der Waals surface area contributed by atoms with Crippen molar-refractivity contribution in [2.75, 3.05) is 13.1 Å². The summed E-state index contributed by atoms with van der Waals surface area (Å²) >= 11 is 0. The second-order valence-electron chi connectivity index (χ2n) is 8.56. The van der Waals surface area contributed by atoms with Crippen LogP contribution in [-0.4, -0.2) is 40.7 Å². The van der Waals surface area contributed by atoms with E-state index in [0.717, 1.165) is 17.7 Å². The highest BCUT2D eigenvalue weighted by Gasteiger charge is 2.36. The quantitative estimate of drug-likeness (QED) is 0.444. The van der Waals surface area contributed by atoms with Crippen LogP contribution in [0.25, 0.3) is 0 Å². The third-order valence-electron chi connectivity index (χ3n) is 6.13. The summed E-state index contributed by atoms with van der Waals surface area (Å²) in [6.07, 6.45) is -3.38. The summed E-state index contributed by atoms with van der Waals surface area (Å²) < 4.78 is 53.8. The summed E-state index contributed by atoms with van der Waals surface area (Å²) in [6, 6.07) is 19.6. The van der Waals surface area contributed by atoms with Crippen molar-refractivity contribution in [2.24, 2.45) is 0 Å². The molecule has 0 aromatic heterocycles. The molecule has 1 aliphatic rings. The van der Waals surface area contributed by atoms with Crippen molar-refractivity contribution in [3.8, 4) is 0 Å². The normalized spacial score (nSPS) is 16.5. The van der Waals surface area contributed by atoms with Crippen LogP contribution in [0, 0.1) is 5.82 Å². The number of alkyl halides is 3. The first kappa shape index (κ1) is 24.4. The van der Waals surface area contributed by atoms with Gasteiger partial charge < -0.3 is 9.80 Å². The number of carbonyl (C=O) groups excluding carboxylic acids is 2. The molecule has 0 aliphatic carbocycles. The van der Waals surface area contributed by atoms with Gasteiger partial charge in [-0.15, -0.1) is 0 Å². The first-order valence-electron chi connectivity index (χ1n) is 11.3. The molecule has 0 saturated carbocycles. The predicted octanol–water partition coefficient (Wildman–Crippen LogP) is 5.33. The smallest absolute Gasteiger partial charge is 0.332 e. The van der Waals surface area contributed by atoms with Gasteiger partial charge in [-0.2, -0.15) is 13.2 Å². The number of benzene rings is 3. The van der Waals surface area contributed by atoms with Crippen molar-refractivity contribution in [3.63, 3.8) is 0 Å². The molecule has 4 rings (SSSR count). The maximum Gasteiger partial charge on any atom is 0.416 e. The van der Waals surface area contributed by atoms with Crippen LogP contribution in [0.4, 0.5) is 17.6 Å². The van der Waals surface area contributed by atoms with Crippen molar-refractivity contribution in [1.29, 1.82) is 0 Å². The van der Waals surface area contributed by atoms with E-state index >= 15 is 0 Å². The Kier molecular flexibility index (Phi) is 7.19. The summed E-state index contributed by atoms with van der Waals surface area (Å²) in [6.45, 7) is -0.122. The molecule has 1 heterocycles. The number of aryl methyl sites for hydroxylation is 1. The van der Waals surface area contributed by atoms with Gasteiger partial charge in [0, 0.05) is 13.1 Å². The van der Waals surface area contributed by atoms with Gasteiger partial charge in [-0.1, -0.05) is 54.6 Å². The molecule has 1 saturated heterocycles. The van der Waals surface area contributed by atoms with Crippen molar-refractivity contribution in [3.05, 3.63) is 107 Å². The van der Waals surface area contributed by atoms with E-state index in [1.54, 1.807) is 12.1 Å². The van der Waals surface area contributed by atoms with Gasteiger partial charge in [-0.3, -0.25) is 9.59 Å². The fraction of sp³-hybridized carbons (Fsp3) is 0.259. The molecule has 1 fully saturated rings. The highest BCUT2D eigenvalue weighted by atomic mass is 19.4. The lowest BCUT2D eigenvalue weighted by molar-refractivity contribution is -0.139. The number of piperazine rings is 1. The Labute approximate surface area is 200 Å². The summed E-state index contributed by atoms with van der Waals surface area (Å²) in [5, 5.41) is 0. The monoisotopic (exact) mass is 484 g/mol. The van der Waals surface area contributed by atoms with Crippen LogP contribution in [0.2, 0.25) is 0 Å². The molecular weight excluding hydrogens is 460 g/mol. The highest BCUT2D eigenvalue weighted by Crippen LogP contribution is 2.30. The number of nitrogens with zero attached hydrogens (tertiary/aromatic N) is 2. The van der Waals surface area contributed by atoms with Crippen LogP contribution in [0.15, 0.2) is 78.9 Å². The van der Waals surface area contributed by atoms with E-state index in [9.17, 15) is 27.2 Å². The molecule has 35 heavy (non-hydrogen) atoms. The van der Waals surface area contributed by atoms with Crippen LogP contribution in [-0.2, 0) is 23.9 Å². The average molecular weight is 484 g/mol. The molecule has 3 aromatic carbocycles. The van der Waals surface area contributed by atoms with E-state index in [1.807, 2.05) is 30.3 Å². The molecule has 1 aliphatic heterocycles. The van der Waals surface area contributed by atoms with E-state index in [0.29, 0.717) is 18.4 Å². The lowest BCUT2D eigenvalue weighted by Crippen LogP contribution is -2.57. The zero-order valence-electron chi connectivity index (χ0n) is 18.8. The molecule has 8 heteroatoms. The predicted molar refractivity (Wildman–Crippen MR) is 123 cm³/mol. The van der Waals surface area contributed by atoms with Gasteiger partial charge in [0.15, 0.2) is 0 Å². The lowest BCUT2D eigenvalue weighted by atomic mass is 9.99. The molecule has 0 radical (unpaired) electrons. The van der Waals surface area contributed by atoms with Crippen LogP contribution < -0.4 is 0 Å². The van der Waals surface area contributed by atoms with Gasteiger partial charge >= 0.3 is 6.18 Å². The number of hydrogen-bond acceptors (Lipinski definition) is 2. The minimum atomic E-state index is -4.49. The molecular formula is C27H24F4N2O2. The van der Waals surface area contributed by atoms with Crippen LogP contribution in [0.5, 0.6) is 0 Å². The second kappa shape index (κ2) is 10.3. The zero-order chi connectivity index (χ0) is 25.0. The third kappa shape index (κ3) is 5.88. The second-order valence-corrected chi connectivity index (χ2v) is 8.56. The standard InChI is InChI=1S/C27H24F4N2O2/c28-24-12-5-4-11-23(24)26(35)32-17-22(14-13-19-7-2-1-3-8-19)33(25(34)18-32)16-20-9-6-10-21(15-20)27(29,30)31/h1-12,15,22H,13-14,16-18H2/t22-/m0/s1. The Balaban J connectivity index is 1.58. The van der Waals surface area contributed by atoms with E-state index in [-0.39, 0.29) is 25.2 Å². The Morgan fingerprint density at radius 2 is 1.60 bits per heavy atom. The first-order chi connectivity index (χ1) is 16.7. The minimum Gasteiger partial charge on any atom is -0.332 e. The topological polar surface area (TPSA) is 40.6 Å². The largest absolute Gasteiger partial charge is 0.416 e. The molecule has 0 spiro atoms. The molecule has 3 aromatic rings. The highest BCUT2D eigenvalue weighted by molar-refractivity contribution is 5.97.